The molecule has 0 aromatic carbocycles. The van der Waals surface area contributed by atoms with Gasteiger partial charge in [0.05, 0.1) is 11.7 Å². The Kier molecular flexibility index (Phi) is 5.25. The molecule has 0 radical (unpaired) electrons. The zero-order valence-electron chi connectivity index (χ0n) is 15.7. The summed E-state index contributed by atoms with van der Waals surface area (Å²) in [6.45, 7) is 9.69. The van der Waals surface area contributed by atoms with E-state index in [0.29, 0.717) is 18.2 Å². The van der Waals surface area contributed by atoms with Gasteiger partial charge in [0.15, 0.2) is 0 Å². The summed E-state index contributed by atoms with van der Waals surface area (Å²) in [4.78, 5) is 15.2. The van der Waals surface area contributed by atoms with E-state index < -0.39 is 0 Å². The first kappa shape index (κ1) is 17.7. The van der Waals surface area contributed by atoms with Crippen LogP contribution >= 0.6 is 0 Å². The van der Waals surface area contributed by atoms with E-state index in [1.165, 1.54) is 0 Å². The van der Waals surface area contributed by atoms with E-state index in [4.69, 9.17) is 4.52 Å². The first-order valence-corrected chi connectivity index (χ1v) is 9.30. The Morgan fingerprint density at radius 2 is 2.16 bits per heavy atom. The van der Waals surface area contributed by atoms with Gasteiger partial charge in [-0.1, -0.05) is 19.0 Å². The Morgan fingerprint density at radius 3 is 2.80 bits per heavy atom. The van der Waals surface area contributed by atoms with Crippen LogP contribution in [0.25, 0.3) is 0 Å². The first-order valence-electron chi connectivity index (χ1n) is 9.30. The van der Waals surface area contributed by atoms with Crippen molar-refractivity contribution in [2.45, 2.75) is 66.0 Å². The molecule has 3 rings (SSSR count). The molecule has 3 heterocycles. The molecule has 0 saturated carbocycles. The van der Waals surface area contributed by atoms with Crippen molar-refractivity contribution < 1.29 is 9.32 Å². The molecule has 1 aliphatic heterocycles. The largest absolute Gasteiger partial charge is 0.361 e. The zero-order chi connectivity index (χ0) is 18.0. The van der Waals surface area contributed by atoms with Crippen molar-refractivity contribution in [3.63, 3.8) is 0 Å². The van der Waals surface area contributed by atoms with E-state index >= 15 is 0 Å². The summed E-state index contributed by atoms with van der Waals surface area (Å²) in [5.41, 5.74) is 2.53. The van der Waals surface area contributed by atoms with Crippen molar-refractivity contribution in [2.24, 2.45) is 5.92 Å². The highest BCUT2D eigenvalue weighted by atomic mass is 16.5. The molecule has 6 nitrogen and oxygen atoms in total. The number of rotatable bonds is 5. The van der Waals surface area contributed by atoms with Crippen molar-refractivity contribution in [3.05, 3.63) is 35.0 Å². The van der Waals surface area contributed by atoms with Crippen LogP contribution in [-0.2, 0) is 13.0 Å². The minimum atomic E-state index is -0.00699. The normalized spacial score (nSPS) is 18.1. The Bertz CT molecular complexity index is 732. The number of likely N-dealkylation sites (tertiary alicyclic amines) is 1. The maximum Gasteiger partial charge on any atom is 0.272 e. The summed E-state index contributed by atoms with van der Waals surface area (Å²) >= 11 is 0. The van der Waals surface area contributed by atoms with E-state index in [2.05, 4.69) is 24.1 Å². The lowest BCUT2D eigenvalue weighted by Crippen LogP contribution is -2.39. The van der Waals surface area contributed by atoms with Crippen LogP contribution in [0.4, 0.5) is 0 Å². The molecule has 1 amide bonds. The topological polar surface area (TPSA) is 64.2 Å². The highest BCUT2D eigenvalue weighted by Crippen LogP contribution is 2.32. The molecule has 1 fully saturated rings. The second kappa shape index (κ2) is 7.42. The standard InChI is InChI=1S/C19H28N4O2/c1-5-23-18(12-15(20-23)10-13(2)3)19(24)22-9-7-6-8-17(22)16-11-14(4)25-21-16/h11-13,17H,5-10H2,1-4H3/t17-/m0/s1. The fourth-order valence-electron chi connectivity index (χ4n) is 3.57. The van der Waals surface area contributed by atoms with Crippen LogP contribution in [0.1, 0.15) is 73.7 Å². The molecular formula is C19H28N4O2. The maximum atomic E-state index is 13.3. The maximum absolute atomic E-state index is 13.3. The van der Waals surface area contributed by atoms with Gasteiger partial charge < -0.3 is 9.42 Å². The minimum Gasteiger partial charge on any atom is -0.361 e. The van der Waals surface area contributed by atoms with Gasteiger partial charge in [0.2, 0.25) is 0 Å². The average molecular weight is 344 g/mol. The van der Waals surface area contributed by atoms with Crippen LogP contribution < -0.4 is 0 Å². The lowest BCUT2D eigenvalue weighted by atomic mass is 9.98. The van der Waals surface area contributed by atoms with Crippen molar-refractivity contribution >= 4 is 5.91 Å². The van der Waals surface area contributed by atoms with E-state index in [9.17, 15) is 4.79 Å². The van der Waals surface area contributed by atoms with E-state index in [1.807, 2.05) is 35.6 Å². The van der Waals surface area contributed by atoms with Gasteiger partial charge in [0.1, 0.15) is 17.1 Å². The summed E-state index contributed by atoms with van der Waals surface area (Å²) in [5.74, 6) is 1.35. The smallest absolute Gasteiger partial charge is 0.272 e. The van der Waals surface area contributed by atoms with Crippen LogP contribution in [0, 0.1) is 12.8 Å². The van der Waals surface area contributed by atoms with Crippen LogP contribution in [0.2, 0.25) is 0 Å². The average Bonchev–Trinajstić information content (AvgIpc) is 3.19. The Morgan fingerprint density at radius 1 is 1.36 bits per heavy atom. The fourth-order valence-corrected chi connectivity index (χ4v) is 3.57. The van der Waals surface area contributed by atoms with Crippen molar-refractivity contribution in [3.8, 4) is 0 Å². The molecule has 0 spiro atoms. The second-order valence-electron chi connectivity index (χ2n) is 7.31. The first-order chi connectivity index (χ1) is 12.0. The number of aryl methyl sites for hydroxylation is 2. The molecule has 6 heteroatoms. The molecule has 0 bridgehead atoms. The van der Waals surface area contributed by atoms with Crippen LogP contribution in [-0.4, -0.2) is 32.3 Å². The van der Waals surface area contributed by atoms with Gasteiger partial charge >= 0.3 is 0 Å². The third-order valence-corrected chi connectivity index (χ3v) is 4.72. The van der Waals surface area contributed by atoms with Gasteiger partial charge in [0.25, 0.3) is 5.91 Å². The molecule has 0 aliphatic carbocycles. The van der Waals surface area contributed by atoms with Gasteiger partial charge in [-0.2, -0.15) is 5.10 Å². The summed E-state index contributed by atoms with van der Waals surface area (Å²) in [6, 6.07) is 3.90. The summed E-state index contributed by atoms with van der Waals surface area (Å²) in [5, 5.41) is 8.78. The zero-order valence-corrected chi connectivity index (χ0v) is 15.7. The van der Waals surface area contributed by atoms with Gasteiger partial charge in [-0.15, -0.1) is 0 Å². The fraction of sp³-hybridized carbons (Fsp3) is 0.632. The number of nitrogens with zero attached hydrogens (tertiary/aromatic N) is 4. The van der Waals surface area contributed by atoms with Crippen molar-refractivity contribution in [1.29, 1.82) is 0 Å². The predicted molar refractivity (Wildman–Crippen MR) is 95.3 cm³/mol. The lowest BCUT2D eigenvalue weighted by molar-refractivity contribution is 0.0589. The SMILES string of the molecule is CCn1nc(CC(C)C)cc1C(=O)N1CCCC[C@H]1c1cc(C)on1. The third-order valence-electron chi connectivity index (χ3n) is 4.72. The molecular weight excluding hydrogens is 316 g/mol. The molecule has 2 aromatic heterocycles. The minimum absolute atomic E-state index is 0.00699. The van der Waals surface area contributed by atoms with E-state index in [0.717, 1.165) is 49.4 Å². The van der Waals surface area contributed by atoms with Gasteiger partial charge in [-0.25, -0.2) is 0 Å². The van der Waals surface area contributed by atoms with Gasteiger partial charge in [-0.05, 0) is 51.5 Å². The summed E-state index contributed by atoms with van der Waals surface area (Å²) < 4.78 is 7.07. The number of carbonyl (C=O) groups is 1. The Hall–Kier alpha value is -2.11. The number of hydrogen-bond donors (Lipinski definition) is 0. The quantitative estimate of drug-likeness (QED) is 0.828. The summed E-state index contributed by atoms with van der Waals surface area (Å²) in [7, 11) is 0. The van der Waals surface area contributed by atoms with Crippen molar-refractivity contribution in [2.75, 3.05) is 6.54 Å². The van der Waals surface area contributed by atoms with Crippen molar-refractivity contribution in [1.82, 2.24) is 19.8 Å². The van der Waals surface area contributed by atoms with Crippen LogP contribution in [0.5, 0.6) is 0 Å². The van der Waals surface area contributed by atoms with Crippen LogP contribution in [0.15, 0.2) is 16.7 Å². The van der Waals surface area contributed by atoms with Gasteiger partial charge in [-0.3, -0.25) is 9.48 Å². The summed E-state index contributed by atoms with van der Waals surface area (Å²) in [6.07, 6.45) is 3.94. The van der Waals surface area contributed by atoms with E-state index in [1.54, 1.807) is 0 Å². The van der Waals surface area contributed by atoms with Crippen LogP contribution in [0.3, 0.4) is 0 Å². The third kappa shape index (κ3) is 3.78. The molecule has 25 heavy (non-hydrogen) atoms. The number of piperidine rings is 1. The molecule has 2 aromatic rings. The molecule has 1 saturated heterocycles. The highest BCUT2D eigenvalue weighted by molar-refractivity contribution is 5.93. The molecule has 0 N–H and O–H groups in total. The number of aromatic nitrogens is 3. The monoisotopic (exact) mass is 344 g/mol. The molecule has 1 aliphatic rings. The molecule has 1 atom stereocenters. The second-order valence-corrected chi connectivity index (χ2v) is 7.31. The van der Waals surface area contributed by atoms with E-state index in [-0.39, 0.29) is 11.9 Å². The number of carbonyl (C=O) groups excluding carboxylic acids is 1. The predicted octanol–water partition coefficient (Wildman–Crippen LogP) is 3.77. The number of amides is 1. The molecule has 136 valence electrons. The lowest BCUT2D eigenvalue weighted by Gasteiger charge is -2.34. The Balaban J connectivity index is 1.88. The van der Waals surface area contributed by atoms with Gasteiger partial charge in [0, 0.05) is 19.2 Å². The Labute approximate surface area is 149 Å². The molecule has 0 unspecified atom stereocenters. The highest BCUT2D eigenvalue weighted by Gasteiger charge is 2.32. The number of hydrogen-bond acceptors (Lipinski definition) is 4.